The zero-order valence-electron chi connectivity index (χ0n) is 10.9. The average molecular weight is 391 g/mol. The summed E-state index contributed by atoms with van der Waals surface area (Å²) in [6.07, 6.45) is -6.82. The van der Waals surface area contributed by atoms with Crippen LogP contribution in [0.1, 0.15) is 10.9 Å². The highest BCUT2D eigenvalue weighted by molar-refractivity contribution is 8.00. The molecule has 11 heteroatoms. The Morgan fingerprint density at radius 1 is 0.826 bits per heavy atom. The molecular formula is C12H8ClF9S. The minimum atomic E-state index is -6.88. The third kappa shape index (κ3) is 4.01. The third-order valence-electron chi connectivity index (χ3n) is 2.69. The van der Waals surface area contributed by atoms with Gasteiger partial charge in [0.1, 0.15) is 0 Å². The van der Waals surface area contributed by atoms with Crippen molar-refractivity contribution in [3.8, 4) is 0 Å². The molecule has 0 nitrogen and oxygen atoms in total. The maximum absolute atomic E-state index is 13.3. The van der Waals surface area contributed by atoms with Crippen LogP contribution in [0, 0.1) is 0 Å². The molecule has 0 saturated carbocycles. The Kier molecular flexibility index (Phi) is 5.83. The Labute approximate surface area is 134 Å². The SMILES string of the molecule is FC(F)(F)C(F)(F)C(F)(F)C(F)(F)SCC(Cl)c1ccccc1. The molecule has 0 aromatic heterocycles. The molecule has 1 unspecified atom stereocenters. The number of rotatable bonds is 6. The van der Waals surface area contributed by atoms with Gasteiger partial charge >= 0.3 is 23.3 Å². The van der Waals surface area contributed by atoms with Crippen LogP contribution in [0.25, 0.3) is 0 Å². The Morgan fingerprint density at radius 2 is 1.30 bits per heavy atom. The summed E-state index contributed by atoms with van der Waals surface area (Å²) in [7, 11) is 0. The fourth-order valence-electron chi connectivity index (χ4n) is 1.39. The zero-order valence-corrected chi connectivity index (χ0v) is 12.4. The van der Waals surface area contributed by atoms with Crippen LogP contribution in [0.3, 0.4) is 0 Å². The van der Waals surface area contributed by atoms with Gasteiger partial charge in [0.05, 0.1) is 5.38 Å². The maximum Gasteiger partial charge on any atom is 0.460 e. The van der Waals surface area contributed by atoms with E-state index in [0.717, 1.165) is 0 Å². The predicted octanol–water partition coefficient (Wildman–Crippen LogP) is 6.13. The van der Waals surface area contributed by atoms with Crippen molar-refractivity contribution in [2.45, 2.75) is 28.7 Å². The number of alkyl halides is 10. The quantitative estimate of drug-likeness (QED) is 0.416. The molecule has 0 bridgehead atoms. The molecule has 1 rings (SSSR count). The van der Waals surface area contributed by atoms with E-state index in [9.17, 15) is 39.5 Å². The normalized spacial score (nSPS) is 15.6. The first-order valence-electron chi connectivity index (χ1n) is 5.77. The van der Waals surface area contributed by atoms with Crippen LogP contribution in [0.4, 0.5) is 39.5 Å². The lowest BCUT2D eigenvalue weighted by atomic mass is 10.1. The molecule has 0 fully saturated rings. The highest BCUT2D eigenvalue weighted by Crippen LogP contribution is 2.57. The minimum absolute atomic E-state index is 0.225. The van der Waals surface area contributed by atoms with Crippen molar-refractivity contribution in [2.24, 2.45) is 0 Å². The van der Waals surface area contributed by atoms with Crippen LogP contribution in [0.15, 0.2) is 30.3 Å². The number of hydrogen-bond donors (Lipinski definition) is 0. The summed E-state index contributed by atoms with van der Waals surface area (Å²) in [6, 6.07) is 7.18. The van der Waals surface area contributed by atoms with E-state index < -0.39 is 46.2 Å². The fraction of sp³-hybridized carbons (Fsp3) is 0.500. The van der Waals surface area contributed by atoms with E-state index in [2.05, 4.69) is 0 Å². The second-order valence-corrected chi connectivity index (χ2v) is 6.01. The van der Waals surface area contributed by atoms with Crippen LogP contribution in [0.5, 0.6) is 0 Å². The van der Waals surface area contributed by atoms with Crippen LogP contribution in [0.2, 0.25) is 0 Å². The fourth-order valence-corrected chi connectivity index (χ4v) is 2.58. The van der Waals surface area contributed by atoms with Crippen LogP contribution < -0.4 is 0 Å². The van der Waals surface area contributed by atoms with Crippen molar-refractivity contribution in [1.82, 2.24) is 0 Å². The van der Waals surface area contributed by atoms with Crippen LogP contribution >= 0.6 is 23.4 Å². The Hall–Kier alpha value is -0.770. The van der Waals surface area contributed by atoms with E-state index in [0.29, 0.717) is 0 Å². The first-order valence-corrected chi connectivity index (χ1v) is 7.19. The van der Waals surface area contributed by atoms with Gasteiger partial charge in [0.2, 0.25) is 0 Å². The van der Waals surface area contributed by atoms with Gasteiger partial charge in [-0.15, -0.1) is 11.6 Å². The van der Waals surface area contributed by atoms with E-state index in [1.54, 1.807) is 6.07 Å². The summed E-state index contributed by atoms with van der Waals surface area (Å²) in [5, 5.41) is -6.95. The molecule has 0 spiro atoms. The van der Waals surface area contributed by atoms with Crippen molar-refractivity contribution in [1.29, 1.82) is 0 Å². The van der Waals surface area contributed by atoms with Gasteiger partial charge in [-0.2, -0.15) is 39.5 Å². The minimum Gasteiger partial charge on any atom is -0.191 e. The predicted molar refractivity (Wildman–Crippen MR) is 68.4 cm³/mol. The lowest BCUT2D eigenvalue weighted by Crippen LogP contribution is -2.59. The third-order valence-corrected chi connectivity index (χ3v) is 4.40. The number of hydrogen-bond acceptors (Lipinski definition) is 1. The van der Waals surface area contributed by atoms with Crippen LogP contribution in [-0.2, 0) is 0 Å². The molecule has 0 N–H and O–H groups in total. The van der Waals surface area contributed by atoms with Gasteiger partial charge in [-0.25, -0.2) is 0 Å². The molecule has 132 valence electrons. The Bertz CT molecular complexity index is 515. The number of halogens is 10. The zero-order chi connectivity index (χ0) is 18.1. The maximum atomic E-state index is 13.3. The molecular weight excluding hydrogens is 383 g/mol. The summed E-state index contributed by atoms with van der Waals surface area (Å²) in [5.74, 6) is -14.5. The summed E-state index contributed by atoms with van der Waals surface area (Å²) in [6.45, 7) is 0. The van der Waals surface area contributed by atoms with Gasteiger partial charge < -0.3 is 0 Å². The van der Waals surface area contributed by atoms with Gasteiger partial charge in [-0.3, -0.25) is 0 Å². The molecule has 0 saturated heterocycles. The molecule has 0 aliphatic heterocycles. The highest BCUT2D eigenvalue weighted by atomic mass is 35.5. The molecule has 23 heavy (non-hydrogen) atoms. The van der Waals surface area contributed by atoms with Crippen molar-refractivity contribution in [3.63, 3.8) is 0 Å². The van der Waals surface area contributed by atoms with E-state index in [4.69, 9.17) is 11.6 Å². The molecule has 0 heterocycles. The van der Waals surface area contributed by atoms with Gasteiger partial charge in [-0.1, -0.05) is 42.1 Å². The van der Waals surface area contributed by atoms with Crippen molar-refractivity contribution in [2.75, 3.05) is 5.75 Å². The lowest BCUT2D eigenvalue weighted by molar-refractivity contribution is -0.381. The molecule has 0 radical (unpaired) electrons. The van der Waals surface area contributed by atoms with Crippen molar-refractivity contribution in [3.05, 3.63) is 35.9 Å². The monoisotopic (exact) mass is 390 g/mol. The summed E-state index contributed by atoms with van der Waals surface area (Å²) >= 11 is 4.59. The molecule has 0 aliphatic rings. The van der Waals surface area contributed by atoms with Gasteiger partial charge in [0.25, 0.3) is 0 Å². The van der Waals surface area contributed by atoms with E-state index in [-0.39, 0.29) is 5.56 Å². The molecule has 0 aliphatic carbocycles. The second-order valence-electron chi connectivity index (χ2n) is 4.35. The van der Waals surface area contributed by atoms with E-state index >= 15 is 0 Å². The first-order chi connectivity index (χ1) is 10.2. The van der Waals surface area contributed by atoms with Gasteiger partial charge in [-0.05, 0) is 5.56 Å². The first kappa shape index (κ1) is 20.3. The van der Waals surface area contributed by atoms with E-state index in [1.165, 1.54) is 24.3 Å². The molecule has 1 atom stereocenters. The Morgan fingerprint density at radius 3 is 1.74 bits per heavy atom. The highest BCUT2D eigenvalue weighted by Gasteiger charge is 2.81. The van der Waals surface area contributed by atoms with Crippen LogP contribution in [-0.4, -0.2) is 29.0 Å². The molecule has 1 aromatic rings. The van der Waals surface area contributed by atoms with E-state index in [1.807, 2.05) is 0 Å². The van der Waals surface area contributed by atoms with Gasteiger partial charge in [0.15, 0.2) is 0 Å². The second kappa shape index (κ2) is 6.62. The standard InChI is InChI=1S/C12H8ClF9S/c13-8(7-4-2-1-3-5-7)6-23-12(21,22)10(16,17)9(14,15)11(18,19)20/h1-5,8H,6H2. The van der Waals surface area contributed by atoms with Gasteiger partial charge in [0, 0.05) is 5.75 Å². The topological polar surface area (TPSA) is 0 Å². The summed E-state index contributed by atoms with van der Waals surface area (Å²) in [4.78, 5) is 0. The van der Waals surface area contributed by atoms with Crippen molar-refractivity contribution < 1.29 is 39.5 Å². The smallest absolute Gasteiger partial charge is 0.191 e. The largest absolute Gasteiger partial charge is 0.460 e. The average Bonchev–Trinajstić information content (AvgIpc) is 2.44. The number of benzene rings is 1. The summed E-state index contributed by atoms with van der Waals surface area (Å²) < 4.78 is 114. The molecule has 1 aromatic carbocycles. The summed E-state index contributed by atoms with van der Waals surface area (Å²) in [5.41, 5.74) is 0.225. The number of thioether (sulfide) groups is 1. The molecule has 0 amide bonds. The Balaban J connectivity index is 2.90. The van der Waals surface area contributed by atoms with Crippen molar-refractivity contribution >= 4 is 23.4 Å². The lowest BCUT2D eigenvalue weighted by Gasteiger charge is -2.33.